The van der Waals surface area contributed by atoms with E-state index >= 15 is 0 Å². The van der Waals surface area contributed by atoms with E-state index < -0.39 is 0 Å². The van der Waals surface area contributed by atoms with E-state index in [2.05, 4.69) is 22.6 Å². The molecule has 0 radical (unpaired) electrons. The van der Waals surface area contributed by atoms with E-state index in [0.717, 1.165) is 7.14 Å². The van der Waals surface area contributed by atoms with Gasteiger partial charge in [0.2, 0.25) is 0 Å². The summed E-state index contributed by atoms with van der Waals surface area (Å²) in [5.41, 5.74) is 0. The van der Waals surface area contributed by atoms with E-state index in [1.807, 2.05) is 45.2 Å². The van der Waals surface area contributed by atoms with E-state index in [0.29, 0.717) is 3.57 Å². The number of phenolic OH excluding ortho intramolecular Hbond substituents is 2. The van der Waals surface area contributed by atoms with Gasteiger partial charge in [0, 0.05) is 3.57 Å². The number of benzene rings is 1. The summed E-state index contributed by atoms with van der Waals surface area (Å²) in [7, 11) is 0. The summed E-state index contributed by atoms with van der Waals surface area (Å²) in [6, 6.07) is 1.63. The van der Waals surface area contributed by atoms with Crippen molar-refractivity contribution >= 4 is 67.8 Å². The molecule has 60 valence electrons. The summed E-state index contributed by atoms with van der Waals surface area (Å²) in [6.45, 7) is 0. The van der Waals surface area contributed by atoms with Gasteiger partial charge in [-0.1, -0.05) is 0 Å². The highest BCUT2D eigenvalue weighted by molar-refractivity contribution is 14.1. The third-order valence-electron chi connectivity index (χ3n) is 1.11. The van der Waals surface area contributed by atoms with Crippen LogP contribution in [-0.4, -0.2) is 10.2 Å². The highest BCUT2D eigenvalue weighted by atomic mass is 127. The molecule has 0 fully saturated rings. The molecular weight excluding hydrogens is 485 g/mol. The summed E-state index contributed by atoms with van der Waals surface area (Å²) in [4.78, 5) is 0. The van der Waals surface area contributed by atoms with Gasteiger partial charge in [-0.2, -0.15) is 0 Å². The van der Waals surface area contributed by atoms with E-state index in [-0.39, 0.29) is 11.5 Å². The number of hydrogen-bond acceptors (Lipinski definition) is 2. The molecule has 2 nitrogen and oxygen atoms in total. The minimum absolute atomic E-state index is 0.132. The molecule has 1 aromatic rings. The van der Waals surface area contributed by atoms with Crippen LogP contribution in [0.4, 0.5) is 0 Å². The summed E-state index contributed by atoms with van der Waals surface area (Å²) < 4.78 is 2.15. The van der Waals surface area contributed by atoms with Gasteiger partial charge in [-0.05, 0) is 73.8 Å². The van der Waals surface area contributed by atoms with E-state index in [1.54, 1.807) is 6.07 Å². The van der Waals surface area contributed by atoms with Crippen LogP contribution in [-0.2, 0) is 0 Å². The normalized spacial score (nSPS) is 10.1. The highest BCUT2D eigenvalue weighted by Crippen LogP contribution is 2.35. The molecule has 1 rings (SSSR count). The van der Waals surface area contributed by atoms with Crippen LogP contribution in [0.25, 0.3) is 0 Å². The molecule has 0 saturated carbocycles. The first kappa shape index (κ1) is 10.1. The number of aromatic hydroxyl groups is 2. The van der Waals surface area contributed by atoms with Crippen LogP contribution in [0, 0.1) is 10.7 Å². The first-order chi connectivity index (χ1) is 5.04. The van der Waals surface area contributed by atoms with Crippen molar-refractivity contribution < 1.29 is 10.2 Å². The van der Waals surface area contributed by atoms with Gasteiger partial charge < -0.3 is 10.2 Å². The SMILES string of the molecule is Oc1cc(I)c(I)c(O)c1I. The molecule has 0 unspecified atom stereocenters. The van der Waals surface area contributed by atoms with Gasteiger partial charge in [-0.3, -0.25) is 0 Å². The Morgan fingerprint density at radius 3 is 2.09 bits per heavy atom. The Balaban J connectivity index is 3.46. The largest absolute Gasteiger partial charge is 0.507 e. The number of rotatable bonds is 0. The average molecular weight is 488 g/mol. The van der Waals surface area contributed by atoms with Crippen LogP contribution >= 0.6 is 67.8 Å². The molecule has 0 aliphatic heterocycles. The van der Waals surface area contributed by atoms with Crippen LogP contribution in [0.5, 0.6) is 11.5 Å². The third-order valence-corrected chi connectivity index (χ3v) is 5.15. The maximum atomic E-state index is 9.39. The lowest BCUT2D eigenvalue weighted by atomic mass is 10.3. The van der Waals surface area contributed by atoms with Gasteiger partial charge in [0.05, 0.1) is 7.14 Å². The second kappa shape index (κ2) is 3.81. The monoisotopic (exact) mass is 488 g/mol. The maximum Gasteiger partial charge on any atom is 0.147 e. The average Bonchev–Trinajstić information content (AvgIpc) is 1.97. The predicted octanol–water partition coefficient (Wildman–Crippen LogP) is 2.91. The van der Waals surface area contributed by atoms with Crippen LogP contribution in [0.15, 0.2) is 6.07 Å². The first-order valence-electron chi connectivity index (χ1n) is 2.59. The zero-order valence-electron chi connectivity index (χ0n) is 5.11. The van der Waals surface area contributed by atoms with Gasteiger partial charge in [-0.15, -0.1) is 0 Å². The topological polar surface area (TPSA) is 40.5 Å². The predicted molar refractivity (Wildman–Crippen MR) is 67.9 cm³/mol. The summed E-state index contributed by atoms with van der Waals surface area (Å²) in [5.74, 6) is 0.295. The molecule has 0 aliphatic rings. The lowest BCUT2D eigenvalue weighted by molar-refractivity contribution is 0.440. The molecule has 0 amide bonds. The Morgan fingerprint density at radius 1 is 1.00 bits per heavy atom. The molecule has 11 heavy (non-hydrogen) atoms. The smallest absolute Gasteiger partial charge is 0.147 e. The van der Waals surface area contributed by atoms with Gasteiger partial charge in [0.1, 0.15) is 11.5 Å². The van der Waals surface area contributed by atoms with E-state index in [1.165, 1.54) is 0 Å². The van der Waals surface area contributed by atoms with Crippen molar-refractivity contribution in [2.75, 3.05) is 0 Å². The highest BCUT2D eigenvalue weighted by Gasteiger charge is 2.11. The quantitative estimate of drug-likeness (QED) is 0.436. The molecule has 0 heterocycles. The zero-order chi connectivity index (χ0) is 8.59. The standard InChI is InChI=1S/C6H3I3O2/c7-2-1-3(10)5(9)6(11)4(2)8/h1,10-11H. The number of halogens is 3. The molecule has 1 aromatic carbocycles. The fourth-order valence-corrected chi connectivity index (χ4v) is 2.49. The Labute approximate surface area is 105 Å². The van der Waals surface area contributed by atoms with Crippen molar-refractivity contribution in [3.8, 4) is 11.5 Å². The molecule has 2 N–H and O–H groups in total. The van der Waals surface area contributed by atoms with Crippen molar-refractivity contribution in [3.63, 3.8) is 0 Å². The molecule has 0 saturated heterocycles. The van der Waals surface area contributed by atoms with E-state index in [9.17, 15) is 10.2 Å². The first-order valence-corrected chi connectivity index (χ1v) is 5.83. The van der Waals surface area contributed by atoms with Crippen LogP contribution in [0.2, 0.25) is 0 Å². The van der Waals surface area contributed by atoms with Gasteiger partial charge in [0.25, 0.3) is 0 Å². The second-order valence-corrected chi connectivity index (χ2v) is 5.17. The lowest BCUT2D eigenvalue weighted by Gasteiger charge is -2.04. The minimum Gasteiger partial charge on any atom is -0.507 e. The molecule has 0 aliphatic carbocycles. The molecule has 0 bridgehead atoms. The Bertz CT molecular complexity index is 272. The van der Waals surface area contributed by atoms with Crippen molar-refractivity contribution in [3.05, 3.63) is 16.8 Å². The number of phenols is 2. The van der Waals surface area contributed by atoms with Crippen LogP contribution in [0.1, 0.15) is 0 Å². The summed E-state index contributed by atoms with van der Waals surface area (Å²) in [6.07, 6.45) is 0. The fourth-order valence-electron chi connectivity index (χ4n) is 0.578. The minimum atomic E-state index is 0.132. The summed E-state index contributed by atoms with van der Waals surface area (Å²) >= 11 is 6.00. The summed E-state index contributed by atoms with van der Waals surface area (Å²) in [5, 5.41) is 18.6. The fraction of sp³-hybridized carbons (Fsp3) is 0. The molecule has 0 aromatic heterocycles. The molecule has 5 heteroatoms. The Hall–Kier alpha value is 1.01. The van der Waals surface area contributed by atoms with Crippen molar-refractivity contribution in [2.24, 2.45) is 0 Å². The van der Waals surface area contributed by atoms with Crippen molar-refractivity contribution in [1.82, 2.24) is 0 Å². The Kier molecular flexibility index (Phi) is 3.50. The number of hydrogen-bond donors (Lipinski definition) is 2. The lowest BCUT2D eigenvalue weighted by Crippen LogP contribution is -1.84. The van der Waals surface area contributed by atoms with Crippen molar-refractivity contribution in [1.29, 1.82) is 0 Å². The van der Waals surface area contributed by atoms with Gasteiger partial charge >= 0.3 is 0 Å². The van der Waals surface area contributed by atoms with Crippen LogP contribution < -0.4 is 0 Å². The second-order valence-electron chi connectivity index (χ2n) is 1.85. The maximum absolute atomic E-state index is 9.39. The van der Waals surface area contributed by atoms with Crippen LogP contribution in [0.3, 0.4) is 0 Å². The Morgan fingerprint density at radius 2 is 1.55 bits per heavy atom. The molecule has 0 spiro atoms. The van der Waals surface area contributed by atoms with Gasteiger partial charge in [-0.25, -0.2) is 0 Å². The van der Waals surface area contributed by atoms with Gasteiger partial charge in [0.15, 0.2) is 0 Å². The third kappa shape index (κ3) is 2.02. The molecule has 0 atom stereocenters. The molecular formula is C6H3I3O2. The van der Waals surface area contributed by atoms with E-state index in [4.69, 9.17) is 0 Å². The van der Waals surface area contributed by atoms with Crippen molar-refractivity contribution in [2.45, 2.75) is 0 Å². The zero-order valence-corrected chi connectivity index (χ0v) is 11.6.